The van der Waals surface area contributed by atoms with E-state index in [-0.39, 0.29) is 31.1 Å². The van der Waals surface area contributed by atoms with Gasteiger partial charge in [0.25, 0.3) is 0 Å². The molecule has 0 aromatic carbocycles. The molecule has 478 valence electrons. The summed E-state index contributed by atoms with van der Waals surface area (Å²) in [5.74, 6) is -0.883. The van der Waals surface area contributed by atoms with Crippen molar-refractivity contribution in [2.75, 3.05) is 13.2 Å². The van der Waals surface area contributed by atoms with E-state index < -0.39 is 6.10 Å². The monoisotopic (exact) mass is 1160 g/mol. The van der Waals surface area contributed by atoms with Crippen molar-refractivity contribution >= 4 is 17.9 Å². The van der Waals surface area contributed by atoms with Gasteiger partial charge in [0.15, 0.2) is 6.10 Å². The van der Waals surface area contributed by atoms with Crippen LogP contribution in [0.3, 0.4) is 0 Å². The molecule has 1 atom stereocenters. The molecule has 0 spiro atoms. The Morgan fingerprint density at radius 2 is 0.470 bits per heavy atom. The van der Waals surface area contributed by atoms with Crippen LogP contribution >= 0.6 is 0 Å². The number of hydrogen-bond acceptors (Lipinski definition) is 6. The summed E-state index contributed by atoms with van der Waals surface area (Å²) in [6.07, 6.45) is 95.8. The van der Waals surface area contributed by atoms with Gasteiger partial charge in [-0.2, -0.15) is 0 Å². The zero-order valence-corrected chi connectivity index (χ0v) is 54.9. The van der Waals surface area contributed by atoms with Crippen molar-refractivity contribution in [1.82, 2.24) is 0 Å². The molecular weight excluding hydrogens is 1020 g/mol. The molecule has 6 heteroatoms. The van der Waals surface area contributed by atoms with Crippen molar-refractivity contribution in [2.45, 2.75) is 361 Å². The minimum absolute atomic E-state index is 0.0811. The fourth-order valence-electron chi connectivity index (χ4n) is 10.3. The third-order valence-electron chi connectivity index (χ3n) is 15.6. The fraction of sp³-hybridized carbons (Fsp3) is 0.753. The van der Waals surface area contributed by atoms with Crippen molar-refractivity contribution in [1.29, 1.82) is 0 Å². The lowest BCUT2D eigenvalue weighted by atomic mass is 10.0. The molecular formula is C77H134O6. The molecule has 0 saturated carbocycles. The Kier molecular flexibility index (Phi) is 67.7. The van der Waals surface area contributed by atoms with Crippen LogP contribution in [0.15, 0.2) is 97.2 Å². The second-order valence-corrected chi connectivity index (χ2v) is 23.7. The summed E-state index contributed by atoms with van der Waals surface area (Å²) in [6.45, 7) is 6.45. The highest BCUT2D eigenvalue weighted by Gasteiger charge is 2.19. The van der Waals surface area contributed by atoms with Gasteiger partial charge < -0.3 is 14.2 Å². The van der Waals surface area contributed by atoms with E-state index in [1.54, 1.807) is 0 Å². The molecule has 0 heterocycles. The van der Waals surface area contributed by atoms with Crippen LogP contribution in [-0.4, -0.2) is 37.2 Å². The molecule has 6 nitrogen and oxygen atoms in total. The zero-order valence-electron chi connectivity index (χ0n) is 54.9. The van der Waals surface area contributed by atoms with E-state index in [0.29, 0.717) is 19.3 Å². The maximum absolute atomic E-state index is 13.0. The third kappa shape index (κ3) is 69.0. The average molecular weight is 1160 g/mol. The molecule has 0 radical (unpaired) electrons. The van der Waals surface area contributed by atoms with Crippen molar-refractivity contribution in [3.63, 3.8) is 0 Å². The van der Waals surface area contributed by atoms with Gasteiger partial charge in [-0.05, 0) is 116 Å². The highest BCUT2D eigenvalue weighted by Crippen LogP contribution is 2.17. The maximum Gasteiger partial charge on any atom is 0.306 e. The predicted octanol–water partition coefficient (Wildman–Crippen LogP) is 24.8. The minimum Gasteiger partial charge on any atom is -0.462 e. The van der Waals surface area contributed by atoms with Crippen LogP contribution in [0.4, 0.5) is 0 Å². The molecule has 0 N–H and O–H groups in total. The topological polar surface area (TPSA) is 78.9 Å². The van der Waals surface area contributed by atoms with E-state index in [1.165, 1.54) is 193 Å². The first-order valence-corrected chi connectivity index (χ1v) is 35.7. The van der Waals surface area contributed by atoms with Gasteiger partial charge in [0.1, 0.15) is 13.2 Å². The molecule has 1 unspecified atom stereocenters. The Labute approximate surface area is 515 Å². The van der Waals surface area contributed by atoms with Crippen molar-refractivity contribution in [2.24, 2.45) is 0 Å². The Morgan fingerprint density at radius 1 is 0.253 bits per heavy atom. The molecule has 0 rings (SSSR count). The average Bonchev–Trinajstić information content (AvgIpc) is 3.49. The number of esters is 3. The normalized spacial score (nSPS) is 12.7. The predicted molar refractivity (Wildman–Crippen MR) is 362 cm³/mol. The van der Waals surface area contributed by atoms with Crippen LogP contribution in [0.25, 0.3) is 0 Å². The van der Waals surface area contributed by atoms with E-state index in [1.807, 2.05) is 0 Å². The van der Waals surface area contributed by atoms with Gasteiger partial charge in [-0.3, -0.25) is 14.4 Å². The molecule has 0 aromatic rings. The van der Waals surface area contributed by atoms with Gasteiger partial charge in [0.2, 0.25) is 0 Å². The first-order valence-electron chi connectivity index (χ1n) is 35.7. The van der Waals surface area contributed by atoms with Crippen molar-refractivity contribution < 1.29 is 28.6 Å². The second kappa shape index (κ2) is 70.8. The summed E-state index contributed by atoms with van der Waals surface area (Å²) in [6, 6.07) is 0. The molecule has 0 fully saturated rings. The second-order valence-electron chi connectivity index (χ2n) is 23.7. The number of unbranched alkanes of at least 4 members (excludes halogenated alkanes) is 38. The molecule has 0 aliphatic rings. The molecule has 83 heavy (non-hydrogen) atoms. The Hall–Kier alpha value is -3.67. The van der Waals surface area contributed by atoms with Crippen LogP contribution in [0.5, 0.6) is 0 Å². The van der Waals surface area contributed by atoms with Crippen LogP contribution in [0, 0.1) is 0 Å². The largest absolute Gasteiger partial charge is 0.462 e. The molecule has 0 saturated heterocycles. The number of ether oxygens (including phenoxy) is 3. The SMILES string of the molecule is CC/C=C\C/C=C\C/C=C\C/C=C\CCCCCCCCCCCCCCCCCCC(=O)OCC(COC(=O)CCCCCCC/C=C\C/C=C\C/C=C\CC)OC(=O)CCCCCCCCCCC/C=C\CCCCCCCCCC. The lowest BCUT2D eigenvalue weighted by Gasteiger charge is -2.18. The quantitative estimate of drug-likeness (QED) is 0.0261. The van der Waals surface area contributed by atoms with E-state index in [0.717, 1.165) is 122 Å². The van der Waals surface area contributed by atoms with E-state index in [9.17, 15) is 14.4 Å². The summed E-state index contributed by atoms with van der Waals surface area (Å²) >= 11 is 0. The van der Waals surface area contributed by atoms with Crippen LogP contribution in [0.2, 0.25) is 0 Å². The van der Waals surface area contributed by atoms with Crippen LogP contribution in [0.1, 0.15) is 355 Å². The van der Waals surface area contributed by atoms with E-state index >= 15 is 0 Å². The Bertz CT molecular complexity index is 1610. The molecule has 0 amide bonds. The maximum atomic E-state index is 13.0. The molecule has 0 aliphatic carbocycles. The number of carbonyl (C=O) groups excluding carboxylic acids is 3. The number of carbonyl (C=O) groups is 3. The highest BCUT2D eigenvalue weighted by molar-refractivity contribution is 5.71. The minimum atomic E-state index is -0.787. The summed E-state index contributed by atoms with van der Waals surface area (Å²) in [7, 11) is 0. The van der Waals surface area contributed by atoms with Crippen LogP contribution in [-0.2, 0) is 28.6 Å². The Morgan fingerprint density at radius 3 is 0.747 bits per heavy atom. The molecule has 0 aromatic heterocycles. The van der Waals surface area contributed by atoms with Crippen molar-refractivity contribution in [3.8, 4) is 0 Å². The summed E-state index contributed by atoms with van der Waals surface area (Å²) < 4.78 is 17.0. The standard InChI is InChI=1S/C77H134O6/c1-4-7-10-13-16-19-22-25-28-30-32-34-35-36-37-38-39-40-41-43-44-46-49-52-55-58-61-64-67-70-76(79)82-73-74(72-81-75(78)69-66-63-60-57-54-51-48-27-24-21-18-15-12-9-6-3)83-77(80)71-68-65-62-59-56-53-50-47-45-42-33-31-29-26-23-20-17-14-11-8-5-2/h7,9-10,12,16,18-19,21,25,27-28,31-34,48,74H,4-6,8,11,13-15,17,20,22-24,26,29-30,35-47,49-73H2,1-3H3/b10-7-,12-9-,19-16-,21-18-,28-25-,33-31-,34-32-,48-27-. The number of hydrogen-bond donors (Lipinski definition) is 0. The first kappa shape index (κ1) is 79.3. The smallest absolute Gasteiger partial charge is 0.306 e. The van der Waals surface area contributed by atoms with Gasteiger partial charge in [-0.25, -0.2) is 0 Å². The number of rotatable bonds is 65. The van der Waals surface area contributed by atoms with Gasteiger partial charge >= 0.3 is 17.9 Å². The molecule has 0 aliphatic heterocycles. The van der Waals surface area contributed by atoms with E-state index in [4.69, 9.17) is 14.2 Å². The summed E-state index contributed by atoms with van der Waals surface area (Å²) in [4.78, 5) is 38.5. The highest BCUT2D eigenvalue weighted by atomic mass is 16.6. The van der Waals surface area contributed by atoms with E-state index in [2.05, 4.69) is 118 Å². The first-order chi connectivity index (χ1) is 41.0. The van der Waals surface area contributed by atoms with Gasteiger partial charge in [0.05, 0.1) is 0 Å². The lowest BCUT2D eigenvalue weighted by Crippen LogP contribution is -2.30. The van der Waals surface area contributed by atoms with Gasteiger partial charge in [-0.1, -0.05) is 317 Å². The Balaban J connectivity index is 4.28. The summed E-state index contributed by atoms with van der Waals surface area (Å²) in [5.41, 5.74) is 0. The third-order valence-corrected chi connectivity index (χ3v) is 15.6. The van der Waals surface area contributed by atoms with Crippen LogP contribution < -0.4 is 0 Å². The van der Waals surface area contributed by atoms with Gasteiger partial charge in [-0.15, -0.1) is 0 Å². The molecule has 0 bridgehead atoms. The summed E-state index contributed by atoms with van der Waals surface area (Å²) in [5, 5.41) is 0. The van der Waals surface area contributed by atoms with Crippen molar-refractivity contribution in [3.05, 3.63) is 97.2 Å². The zero-order chi connectivity index (χ0) is 59.9. The van der Waals surface area contributed by atoms with Gasteiger partial charge in [0, 0.05) is 19.3 Å². The lowest BCUT2D eigenvalue weighted by molar-refractivity contribution is -0.167. The number of allylic oxidation sites excluding steroid dienone is 16. The fourth-order valence-corrected chi connectivity index (χ4v) is 10.3.